The molecular formula is C17H16N4O3. The molecule has 122 valence electrons. The van der Waals surface area contributed by atoms with Gasteiger partial charge < -0.3 is 14.6 Å². The van der Waals surface area contributed by atoms with Crippen molar-refractivity contribution in [2.45, 2.75) is 0 Å². The number of nitrogens with zero attached hydrogens (tertiary/aromatic N) is 3. The van der Waals surface area contributed by atoms with Crippen LogP contribution in [0.5, 0.6) is 17.2 Å². The lowest BCUT2D eigenvalue weighted by Gasteiger charge is -2.02. The van der Waals surface area contributed by atoms with Crippen molar-refractivity contribution in [3.05, 3.63) is 48.0 Å². The molecule has 0 spiro atoms. The fourth-order valence-corrected chi connectivity index (χ4v) is 2.10. The highest BCUT2D eigenvalue weighted by Crippen LogP contribution is 2.26. The molecule has 0 fully saturated rings. The molecule has 24 heavy (non-hydrogen) atoms. The van der Waals surface area contributed by atoms with E-state index in [1.165, 1.54) is 7.11 Å². The Morgan fingerprint density at radius 1 is 1.08 bits per heavy atom. The Balaban J connectivity index is 1.78. The van der Waals surface area contributed by atoms with E-state index in [9.17, 15) is 5.11 Å². The standard InChI is InChI=1S/C17H16N4O3/c1-23-13-6-4-12(5-7-13)16-19-17(21-20-16)18-10-11-3-8-14(22)15(9-11)24-2/h3-10,22H,1-2H3,(H,19,20,21)/b18-10+. The second-order valence-electron chi connectivity index (χ2n) is 4.90. The summed E-state index contributed by atoms with van der Waals surface area (Å²) in [6.45, 7) is 0. The molecule has 3 aromatic rings. The summed E-state index contributed by atoms with van der Waals surface area (Å²) in [6.07, 6.45) is 1.60. The van der Waals surface area contributed by atoms with Crippen LogP contribution in [0.15, 0.2) is 47.5 Å². The number of hydrogen-bond donors (Lipinski definition) is 2. The SMILES string of the molecule is COc1ccc(-c2nc(/N=C/c3ccc(O)c(OC)c3)n[nH]2)cc1. The zero-order valence-electron chi connectivity index (χ0n) is 13.2. The summed E-state index contributed by atoms with van der Waals surface area (Å²) in [5.74, 6) is 2.17. The van der Waals surface area contributed by atoms with Crippen molar-refractivity contribution < 1.29 is 14.6 Å². The van der Waals surface area contributed by atoms with Crippen molar-refractivity contribution >= 4 is 12.2 Å². The summed E-state index contributed by atoms with van der Waals surface area (Å²) >= 11 is 0. The maximum atomic E-state index is 9.58. The smallest absolute Gasteiger partial charge is 0.268 e. The Kier molecular flexibility index (Phi) is 4.42. The van der Waals surface area contributed by atoms with Gasteiger partial charge in [-0.1, -0.05) is 0 Å². The average molecular weight is 324 g/mol. The number of phenols is 1. The highest BCUT2D eigenvalue weighted by atomic mass is 16.5. The van der Waals surface area contributed by atoms with E-state index in [1.54, 1.807) is 31.5 Å². The molecule has 2 aromatic carbocycles. The summed E-state index contributed by atoms with van der Waals surface area (Å²) in [5.41, 5.74) is 1.65. The summed E-state index contributed by atoms with van der Waals surface area (Å²) in [5, 5.41) is 16.5. The van der Waals surface area contributed by atoms with Gasteiger partial charge in [0.1, 0.15) is 5.75 Å². The molecule has 7 nitrogen and oxygen atoms in total. The molecule has 0 radical (unpaired) electrons. The van der Waals surface area contributed by atoms with Crippen molar-refractivity contribution in [3.63, 3.8) is 0 Å². The fourth-order valence-electron chi connectivity index (χ4n) is 2.10. The van der Waals surface area contributed by atoms with Gasteiger partial charge in [-0.3, -0.25) is 5.10 Å². The third-order valence-corrected chi connectivity index (χ3v) is 3.37. The number of nitrogens with one attached hydrogen (secondary N) is 1. The van der Waals surface area contributed by atoms with Crippen molar-refractivity contribution in [2.75, 3.05) is 14.2 Å². The van der Waals surface area contributed by atoms with Gasteiger partial charge in [0.25, 0.3) is 5.95 Å². The van der Waals surface area contributed by atoms with E-state index < -0.39 is 0 Å². The summed E-state index contributed by atoms with van der Waals surface area (Å²) in [6, 6.07) is 12.4. The molecular weight excluding hydrogens is 308 g/mol. The second kappa shape index (κ2) is 6.82. The first-order valence-corrected chi connectivity index (χ1v) is 7.17. The number of aromatic hydroxyl groups is 1. The predicted molar refractivity (Wildman–Crippen MR) is 90.3 cm³/mol. The molecule has 0 unspecified atom stereocenters. The lowest BCUT2D eigenvalue weighted by atomic mass is 10.2. The van der Waals surface area contributed by atoms with Gasteiger partial charge in [0, 0.05) is 11.8 Å². The van der Waals surface area contributed by atoms with Crippen LogP contribution < -0.4 is 9.47 Å². The molecule has 0 aliphatic heterocycles. The minimum Gasteiger partial charge on any atom is -0.504 e. The number of aromatic nitrogens is 3. The van der Waals surface area contributed by atoms with E-state index in [4.69, 9.17) is 9.47 Å². The molecule has 7 heteroatoms. The van der Waals surface area contributed by atoms with Gasteiger partial charge in [-0.15, -0.1) is 5.10 Å². The van der Waals surface area contributed by atoms with Crippen molar-refractivity contribution in [1.82, 2.24) is 15.2 Å². The van der Waals surface area contributed by atoms with Crippen LogP contribution in [0.3, 0.4) is 0 Å². The van der Waals surface area contributed by atoms with E-state index in [1.807, 2.05) is 24.3 Å². The van der Waals surface area contributed by atoms with Gasteiger partial charge in [-0.2, -0.15) is 4.98 Å². The summed E-state index contributed by atoms with van der Waals surface area (Å²) < 4.78 is 10.2. The van der Waals surface area contributed by atoms with Crippen LogP contribution in [0.4, 0.5) is 5.95 Å². The van der Waals surface area contributed by atoms with E-state index >= 15 is 0 Å². The van der Waals surface area contributed by atoms with Crippen LogP contribution >= 0.6 is 0 Å². The normalized spacial score (nSPS) is 10.9. The molecule has 0 saturated carbocycles. The monoisotopic (exact) mass is 324 g/mol. The van der Waals surface area contributed by atoms with Crippen LogP contribution in [0.1, 0.15) is 5.56 Å². The number of aromatic amines is 1. The van der Waals surface area contributed by atoms with Gasteiger partial charge in [0.15, 0.2) is 17.3 Å². The Morgan fingerprint density at radius 2 is 1.88 bits per heavy atom. The van der Waals surface area contributed by atoms with Crippen LogP contribution in [0, 0.1) is 0 Å². The Morgan fingerprint density at radius 3 is 2.58 bits per heavy atom. The number of ether oxygens (including phenoxy) is 2. The van der Waals surface area contributed by atoms with Crippen LogP contribution in [0.25, 0.3) is 11.4 Å². The molecule has 1 heterocycles. The molecule has 3 rings (SSSR count). The Labute approximate surface area is 138 Å². The Hall–Kier alpha value is -3.35. The first kappa shape index (κ1) is 15.5. The van der Waals surface area contributed by atoms with E-state index in [0.29, 0.717) is 17.5 Å². The number of methoxy groups -OCH3 is 2. The maximum Gasteiger partial charge on any atom is 0.268 e. The lowest BCUT2D eigenvalue weighted by molar-refractivity contribution is 0.373. The zero-order valence-corrected chi connectivity index (χ0v) is 13.2. The molecule has 0 aliphatic carbocycles. The highest BCUT2D eigenvalue weighted by Gasteiger charge is 2.05. The molecule has 0 saturated heterocycles. The fraction of sp³-hybridized carbons (Fsp3) is 0.118. The zero-order chi connectivity index (χ0) is 16.9. The molecule has 0 amide bonds. The van der Waals surface area contributed by atoms with E-state index in [0.717, 1.165) is 16.9 Å². The number of H-pyrrole nitrogens is 1. The number of benzene rings is 2. The van der Waals surface area contributed by atoms with Crippen molar-refractivity contribution in [1.29, 1.82) is 0 Å². The largest absolute Gasteiger partial charge is 0.504 e. The molecule has 0 atom stereocenters. The number of rotatable bonds is 5. The topological polar surface area (TPSA) is 92.6 Å². The first-order chi connectivity index (χ1) is 11.7. The van der Waals surface area contributed by atoms with E-state index in [-0.39, 0.29) is 5.75 Å². The van der Waals surface area contributed by atoms with Gasteiger partial charge >= 0.3 is 0 Å². The summed E-state index contributed by atoms with van der Waals surface area (Å²) in [4.78, 5) is 8.55. The van der Waals surface area contributed by atoms with Crippen molar-refractivity contribution in [2.24, 2.45) is 4.99 Å². The van der Waals surface area contributed by atoms with Gasteiger partial charge in [0.2, 0.25) is 0 Å². The van der Waals surface area contributed by atoms with Crippen LogP contribution in [0.2, 0.25) is 0 Å². The molecule has 0 bridgehead atoms. The first-order valence-electron chi connectivity index (χ1n) is 7.17. The van der Waals surface area contributed by atoms with Crippen LogP contribution in [-0.2, 0) is 0 Å². The van der Waals surface area contributed by atoms with Gasteiger partial charge in [-0.05, 0) is 48.0 Å². The minimum atomic E-state index is 0.0781. The van der Waals surface area contributed by atoms with Gasteiger partial charge in [-0.25, -0.2) is 4.99 Å². The number of hydrogen-bond acceptors (Lipinski definition) is 6. The average Bonchev–Trinajstić information content (AvgIpc) is 3.10. The highest BCUT2D eigenvalue weighted by molar-refractivity contribution is 5.82. The third kappa shape index (κ3) is 3.35. The van der Waals surface area contributed by atoms with Gasteiger partial charge in [0.05, 0.1) is 14.2 Å². The number of phenolic OH excluding ortho intramolecular Hbond substituents is 1. The molecule has 2 N–H and O–H groups in total. The second-order valence-corrected chi connectivity index (χ2v) is 4.90. The van der Waals surface area contributed by atoms with E-state index in [2.05, 4.69) is 20.2 Å². The van der Waals surface area contributed by atoms with Crippen LogP contribution in [-0.4, -0.2) is 40.7 Å². The quantitative estimate of drug-likeness (QED) is 0.704. The Bertz CT molecular complexity index is 857. The third-order valence-electron chi connectivity index (χ3n) is 3.37. The molecule has 1 aromatic heterocycles. The minimum absolute atomic E-state index is 0.0781. The lowest BCUT2D eigenvalue weighted by Crippen LogP contribution is -1.87. The summed E-state index contributed by atoms with van der Waals surface area (Å²) in [7, 11) is 3.11. The number of aliphatic imine (C=N–C) groups is 1. The van der Waals surface area contributed by atoms with Crippen molar-refractivity contribution in [3.8, 4) is 28.6 Å². The molecule has 0 aliphatic rings. The predicted octanol–water partition coefficient (Wildman–Crippen LogP) is 2.95. The maximum absolute atomic E-state index is 9.58.